The molecule has 7 heteroatoms. The summed E-state index contributed by atoms with van der Waals surface area (Å²) in [6.45, 7) is 1.68. The third-order valence-corrected chi connectivity index (χ3v) is 4.41. The van der Waals surface area contributed by atoms with Crippen molar-refractivity contribution in [3.05, 3.63) is 37.7 Å². The fraction of sp³-hybridized carbons (Fsp3) is 0.0909. The van der Waals surface area contributed by atoms with Gasteiger partial charge in [-0.15, -0.1) is 0 Å². The first-order chi connectivity index (χ1) is 8.47. The summed E-state index contributed by atoms with van der Waals surface area (Å²) in [5.41, 5.74) is 1.34. The van der Waals surface area contributed by atoms with Crippen molar-refractivity contribution in [3.63, 3.8) is 0 Å². The number of aryl methyl sites for hydroxylation is 1. The van der Waals surface area contributed by atoms with Gasteiger partial charge < -0.3 is 10.4 Å². The lowest BCUT2D eigenvalue weighted by Gasteiger charge is -2.05. The first kappa shape index (κ1) is 13.5. The van der Waals surface area contributed by atoms with Gasteiger partial charge in [-0.3, -0.25) is 0 Å². The second kappa shape index (κ2) is 5.38. The molecule has 0 spiro atoms. The van der Waals surface area contributed by atoms with Gasteiger partial charge in [0.2, 0.25) is 0 Å². The van der Waals surface area contributed by atoms with E-state index in [2.05, 4.69) is 42.2 Å². The molecule has 2 N–H and O–H groups in total. The van der Waals surface area contributed by atoms with Crippen LogP contribution < -0.4 is 5.32 Å². The third-order valence-electron chi connectivity index (χ3n) is 2.16. The average Bonchev–Trinajstić information content (AvgIpc) is 2.65. The number of halogens is 2. The molecule has 0 fully saturated rings. The van der Waals surface area contributed by atoms with Crippen LogP contribution in [0.3, 0.4) is 0 Å². The smallest absolute Gasteiger partial charge is 0.347 e. The number of anilines is 2. The van der Waals surface area contributed by atoms with Gasteiger partial charge in [0, 0.05) is 8.95 Å². The topological polar surface area (TPSA) is 62.2 Å². The molecule has 1 heterocycles. The zero-order chi connectivity index (χ0) is 13.3. The molecule has 0 aliphatic carbocycles. The zero-order valence-electron chi connectivity index (χ0n) is 9.20. The number of carboxylic acids is 1. The molecule has 0 saturated carbocycles. The molecule has 0 unspecified atom stereocenters. The molecular weight excluding hydrogens is 384 g/mol. The number of hydrogen-bond acceptors (Lipinski definition) is 4. The monoisotopic (exact) mass is 390 g/mol. The Labute approximate surface area is 124 Å². The van der Waals surface area contributed by atoms with Crippen LogP contribution >= 0.6 is 43.2 Å². The number of carbonyl (C=O) groups is 1. The van der Waals surface area contributed by atoms with Crippen LogP contribution in [0.2, 0.25) is 0 Å². The van der Waals surface area contributed by atoms with E-state index >= 15 is 0 Å². The van der Waals surface area contributed by atoms with Crippen LogP contribution in [0.4, 0.5) is 10.8 Å². The van der Waals surface area contributed by atoms with Gasteiger partial charge in [-0.2, -0.15) is 0 Å². The molecule has 18 heavy (non-hydrogen) atoms. The van der Waals surface area contributed by atoms with Gasteiger partial charge in [0.05, 0.1) is 11.4 Å². The average molecular weight is 392 g/mol. The highest BCUT2D eigenvalue weighted by Crippen LogP contribution is 2.31. The maximum absolute atomic E-state index is 10.9. The number of carboxylic acid groups (broad SMARTS) is 1. The lowest BCUT2D eigenvalue weighted by atomic mass is 10.3. The van der Waals surface area contributed by atoms with Gasteiger partial charge in [0.15, 0.2) is 5.13 Å². The van der Waals surface area contributed by atoms with Crippen molar-refractivity contribution < 1.29 is 9.90 Å². The number of nitrogens with zero attached hydrogens (tertiary/aromatic N) is 1. The molecule has 4 nitrogen and oxygen atoms in total. The number of thiazole rings is 1. The van der Waals surface area contributed by atoms with E-state index in [-0.39, 0.29) is 4.88 Å². The summed E-state index contributed by atoms with van der Waals surface area (Å²) in [5, 5.41) is 12.6. The molecule has 0 aliphatic heterocycles. The van der Waals surface area contributed by atoms with E-state index in [1.807, 2.05) is 18.2 Å². The first-order valence-electron chi connectivity index (χ1n) is 4.90. The molecule has 0 amide bonds. The van der Waals surface area contributed by atoms with Gasteiger partial charge in [0.25, 0.3) is 0 Å². The van der Waals surface area contributed by atoms with E-state index in [0.29, 0.717) is 10.8 Å². The Morgan fingerprint density at radius 3 is 2.78 bits per heavy atom. The van der Waals surface area contributed by atoms with Gasteiger partial charge in [0.1, 0.15) is 4.88 Å². The highest BCUT2D eigenvalue weighted by Gasteiger charge is 2.14. The van der Waals surface area contributed by atoms with Crippen molar-refractivity contribution >= 4 is 60.0 Å². The summed E-state index contributed by atoms with van der Waals surface area (Å²) in [7, 11) is 0. The highest BCUT2D eigenvalue weighted by atomic mass is 79.9. The molecule has 2 aromatic rings. The summed E-state index contributed by atoms with van der Waals surface area (Å²) >= 11 is 7.92. The lowest BCUT2D eigenvalue weighted by Crippen LogP contribution is -1.94. The quantitative estimate of drug-likeness (QED) is 0.812. The fourth-order valence-electron chi connectivity index (χ4n) is 1.36. The third kappa shape index (κ3) is 2.90. The Balaban J connectivity index is 2.31. The number of nitrogens with one attached hydrogen (secondary N) is 1. The normalized spacial score (nSPS) is 10.4. The van der Waals surface area contributed by atoms with Crippen LogP contribution in [0.25, 0.3) is 0 Å². The van der Waals surface area contributed by atoms with E-state index in [4.69, 9.17) is 5.11 Å². The van der Waals surface area contributed by atoms with Gasteiger partial charge in [-0.25, -0.2) is 9.78 Å². The van der Waals surface area contributed by atoms with E-state index in [9.17, 15) is 4.79 Å². The van der Waals surface area contributed by atoms with Crippen LogP contribution in [0.15, 0.2) is 27.1 Å². The van der Waals surface area contributed by atoms with E-state index in [1.165, 1.54) is 0 Å². The predicted molar refractivity (Wildman–Crippen MR) is 78.9 cm³/mol. The predicted octanol–water partition coefficient (Wildman–Crippen LogP) is 4.42. The second-order valence-electron chi connectivity index (χ2n) is 3.49. The lowest BCUT2D eigenvalue weighted by molar-refractivity contribution is 0.0701. The molecule has 0 atom stereocenters. The molecule has 0 bridgehead atoms. The van der Waals surface area contributed by atoms with Crippen molar-refractivity contribution in [2.75, 3.05) is 5.32 Å². The summed E-state index contributed by atoms with van der Waals surface area (Å²) in [4.78, 5) is 15.4. The Morgan fingerprint density at radius 2 is 2.17 bits per heavy atom. The van der Waals surface area contributed by atoms with Crippen molar-refractivity contribution in [1.29, 1.82) is 0 Å². The maximum atomic E-state index is 10.9. The summed E-state index contributed by atoms with van der Waals surface area (Å²) < 4.78 is 1.82. The Hall–Kier alpha value is -0.920. The summed E-state index contributed by atoms with van der Waals surface area (Å²) in [6.07, 6.45) is 0. The highest BCUT2D eigenvalue weighted by molar-refractivity contribution is 9.11. The minimum absolute atomic E-state index is 0.253. The molecule has 0 saturated heterocycles. The largest absolute Gasteiger partial charge is 0.477 e. The van der Waals surface area contributed by atoms with Crippen LogP contribution in [-0.4, -0.2) is 16.1 Å². The maximum Gasteiger partial charge on any atom is 0.347 e. The molecule has 94 valence electrons. The molecule has 2 rings (SSSR count). The zero-order valence-corrected chi connectivity index (χ0v) is 13.2. The molecule has 1 aromatic heterocycles. The Kier molecular flexibility index (Phi) is 4.04. The van der Waals surface area contributed by atoms with Gasteiger partial charge >= 0.3 is 5.97 Å². The van der Waals surface area contributed by atoms with Crippen molar-refractivity contribution in [3.8, 4) is 0 Å². The molecule has 1 aromatic carbocycles. The molecule has 0 radical (unpaired) electrons. The number of rotatable bonds is 3. The van der Waals surface area contributed by atoms with Gasteiger partial charge in [-0.1, -0.05) is 27.3 Å². The van der Waals surface area contributed by atoms with E-state index in [1.54, 1.807) is 6.92 Å². The van der Waals surface area contributed by atoms with Crippen LogP contribution in [0, 0.1) is 6.92 Å². The first-order valence-corrected chi connectivity index (χ1v) is 7.30. The second-order valence-corrected chi connectivity index (χ2v) is 6.26. The number of hydrogen-bond donors (Lipinski definition) is 2. The fourth-order valence-corrected chi connectivity index (χ4v) is 2.88. The van der Waals surface area contributed by atoms with Crippen molar-refractivity contribution in [2.45, 2.75) is 6.92 Å². The standard InChI is InChI=1S/C11H8Br2N2O2S/c1-5-9(10(16)17)18-11(14-5)15-8-4-6(12)2-3-7(8)13/h2-4H,1H3,(H,14,15)(H,16,17). The van der Waals surface area contributed by atoms with Crippen molar-refractivity contribution in [1.82, 2.24) is 4.98 Å². The Morgan fingerprint density at radius 1 is 1.44 bits per heavy atom. The minimum Gasteiger partial charge on any atom is -0.477 e. The number of benzene rings is 1. The summed E-state index contributed by atoms with van der Waals surface area (Å²) in [5.74, 6) is -0.952. The summed E-state index contributed by atoms with van der Waals surface area (Å²) in [6, 6.07) is 5.69. The van der Waals surface area contributed by atoms with Crippen LogP contribution in [0.5, 0.6) is 0 Å². The Bertz CT molecular complexity index is 613. The van der Waals surface area contributed by atoms with E-state index < -0.39 is 5.97 Å². The molecule has 0 aliphatic rings. The van der Waals surface area contributed by atoms with Gasteiger partial charge in [-0.05, 0) is 41.1 Å². The van der Waals surface area contributed by atoms with Crippen LogP contribution in [-0.2, 0) is 0 Å². The molecular formula is C11H8Br2N2O2S. The number of aromatic nitrogens is 1. The minimum atomic E-state index is -0.952. The van der Waals surface area contributed by atoms with Crippen LogP contribution in [0.1, 0.15) is 15.4 Å². The number of aromatic carboxylic acids is 1. The SMILES string of the molecule is Cc1nc(Nc2cc(Br)ccc2Br)sc1C(=O)O. The van der Waals surface area contributed by atoms with E-state index in [0.717, 1.165) is 26.0 Å². The van der Waals surface area contributed by atoms with Crippen molar-refractivity contribution in [2.24, 2.45) is 0 Å².